The lowest BCUT2D eigenvalue weighted by molar-refractivity contribution is 0.0747. The van der Waals surface area contributed by atoms with Crippen LogP contribution in [0.2, 0.25) is 0 Å². The number of aromatic nitrogens is 1. The molecule has 0 aliphatic carbocycles. The van der Waals surface area contributed by atoms with Gasteiger partial charge in [0.1, 0.15) is 0 Å². The van der Waals surface area contributed by atoms with Crippen LogP contribution < -0.4 is 0 Å². The molecule has 0 radical (unpaired) electrons. The van der Waals surface area contributed by atoms with Crippen molar-refractivity contribution in [3.05, 3.63) is 16.6 Å². The molecule has 88 valence electrons. The summed E-state index contributed by atoms with van der Waals surface area (Å²) in [5, 5.41) is 2.14. The first-order valence-electron chi connectivity index (χ1n) is 4.87. The van der Waals surface area contributed by atoms with E-state index in [2.05, 4.69) is 4.98 Å². The zero-order chi connectivity index (χ0) is 11.8. The van der Waals surface area contributed by atoms with Crippen molar-refractivity contribution in [1.29, 1.82) is 0 Å². The van der Waals surface area contributed by atoms with Crippen LogP contribution in [0.4, 0.5) is 0 Å². The molecular formula is C9H12N2O3S2. The molecule has 0 spiro atoms. The highest BCUT2D eigenvalue weighted by Gasteiger charge is 2.33. The minimum atomic E-state index is -2.95. The van der Waals surface area contributed by atoms with E-state index >= 15 is 0 Å². The van der Waals surface area contributed by atoms with Gasteiger partial charge in [-0.25, -0.2) is 13.4 Å². The number of carbonyl (C=O) groups is 1. The second-order valence-electron chi connectivity index (χ2n) is 3.81. The first kappa shape index (κ1) is 11.5. The summed E-state index contributed by atoms with van der Waals surface area (Å²) in [6.45, 7) is 0. The molecule has 1 atom stereocenters. The number of thiazole rings is 1. The van der Waals surface area contributed by atoms with E-state index in [1.807, 2.05) is 0 Å². The van der Waals surface area contributed by atoms with E-state index in [0.717, 1.165) is 0 Å². The molecule has 16 heavy (non-hydrogen) atoms. The molecule has 0 N–H and O–H groups in total. The number of amides is 1. The third-order valence-electron chi connectivity index (χ3n) is 2.69. The van der Waals surface area contributed by atoms with Crippen LogP contribution in [-0.2, 0) is 9.84 Å². The van der Waals surface area contributed by atoms with E-state index < -0.39 is 9.84 Å². The fourth-order valence-electron chi connectivity index (χ4n) is 1.73. The SMILES string of the molecule is CN(C(=O)c1nccs1)C1CCS(=O)(=O)C1. The lowest BCUT2D eigenvalue weighted by Gasteiger charge is -2.21. The van der Waals surface area contributed by atoms with Crippen molar-refractivity contribution in [2.75, 3.05) is 18.6 Å². The molecule has 2 rings (SSSR count). The highest BCUT2D eigenvalue weighted by Crippen LogP contribution is 2.19. The fourth-order valence-corrected chi connectivity index (χ4v) is 4.12. The third-order valence-corrected chi connectivity index (χ3v) is 5.20. The zero-order valence-corrected chi connectivity index (χ0v) is 10.4. The van der Waals surface area contributed by atoms with Crippen molar-refractivity contribution < 1.29 is 13.2 Å². The zero-order valence-electron chi connectivity index (χ0n) is 8.79. The van der Waals surface area contributed by atoms with Gasteiger partial charge in [-0.3, -0.25) is 4.79 Å². The lowest BCUT2D eigenvalue weighted by atomic mass is 10.2. The Kier molecular flexibility index (Phi) is 2.98. The van der Waals surface area contributed by atoms with Gasteiger partial charge in [-0.2, -0.15) is 0 Å². The van der Waals surface area contributed by atoms with Gasteiger partial charge in [0.2, 0.25) is 0 Å². The normalized spacial score (nSPS) is 23.2. The highest BCUT2D eigenvalue weighted by molar-refractivity contribution is 7.91. The van der Waals surface area contributed by atoms with Crippen molar-refractivity contribution in [1.82, 2.24) is 9.88 Å². The molecule has 1 fully saturated rings. The van der Waals surface area contributed by atoms with E-state index in [4.69, 9.17) is 0 Å². The smallest absolute Gasteiger partial charge is 0.282 e. The van der Waals surface area contributed by atoms with Gasteiger partial charge in [-0.15, -0.1) is 11.3 Å². The number of hydrogen-bond donors (Lipinski definition) is 0. The first-order valence-corrected chi connectivity index (χ1v) is 7.57. The van der Waals surface area contributed by atoms with Gasteiger partial charge in [0.05, 0.1) is 11.5 Å². The Labute approximate surface area is 98.0 Å². The molecule has 1 saturated heterocycles. The van der Waals surface area contributed by atoms with Crippen LogP contribution in [0.1, 0.15) is 16.2 Å². The van der Waals surface area contributed by atoms with Crippen LogP contribution in [0.3, 0.4) is 0 Å². The molecule has 0 bridgehead atoms. The molecule has 0 saturated carbocycles. The summed E-state index contributed by atoms with van der Waals surface area (Å²) in [6.07, 6.45) is 2.09. The minimum absolute atomic E-state index is 0.0701. The van der Waals surface area contributed by atoms with E-state index in [1.54, 1.807) is 18.6 Å². The maximum Gasteiger partial charge on any atom is 0.282 e. The van der Waals surface area contributed by atoms with Gasteiger partial charge < -0.3 is 4.90 Å². The van der Waals surface area contributed by atoms with Crippen LogP contribution in [-0.4, -0.2) is 48.8 Å². The predicted octanol–water partition coefficient (Wildman–Crippen LogP) is 0.402. The predicted molar refractivity (Wildman–Crippen MR) is 61.3 cm³/mol. The minimum Gasteiger partial charge on any atom is -0.336 e. The van der Waals surface area contributed by atoms with Gasteiger partial charge in [0.25, 0.3) is 5.91 Å². The van der Waals surface area contributed by atoms with Crippen molar-refractivity contribution in [3.8, 4) is 0 Å². The second-order valence-corrected chi connectivity index (χ2v) is 6.93. The van der Waals surface area contributed by atoms with Crippen LogP contribution in [0, 0.1) is 0 Å². The Morgan fingerprint density at radius 3 is 2.88 bits per heavy atom. The molecule has 1 aromatic heterocycles. The van der Waals surface area contributed by atoms with E-state index in [0.29, 0.717) is 11.4 Å². The van der Waals surface area contributed by atoms with Crippen LogP contribution in [0.25, 0.3) is 0 Å². The topological polar surface area (TPSA) is 67.3 Å². The summed E-state index contributed by atoms with van der Waals surface area (Å²) in [5.74, 6) is 0.0467. The second kappa shape index (κ2) is 4.14. The average molecular weight is 260 g/mol. The summed E-state index contributed by atoms with van der Waals surface area (Å²) < 4.78 is 22.6. The molecular weight excluding hydrogens is 248 g/mol. The molecule has 1 unspecified atom stereocenters. The van der Waals surface area contributed by atoms with E-state index in [1.165, 1.54) is 16.2 Å². The first-order chi connectivity index (χ1) is 7.49. The van der Waals surface area contributed by atoms with Crippen molar-refractivity contribution in [2.24, 2.45) is 0 Å². The Morgan fingerprint density at radius 1 is 1.62 bits per heavy atom. The number of carbonyl (C=O) groups excluding carboxylic acids is 1. The molecule has 1 aliphatic heterocycles. The maximum absolute atomic E-state index is 11.9. The third kappa shape index (κ3) is 2.25. The average Bonchev–Trinajstić information content (AvgIpc) is 2.84. The molecule has 7 heteroatoms. The molecule has 1 aliphatic rings. The number of rotatable bonds is 2. The van der Waals surface area contributed by atoms with E-state index in [-0.39, 0.29) is 23.5 Å². The molecule has 1 aromatic rings. The summed E-state index contributed by atoms with van der Waals surface area (Å²) >= 11 is 1.27. The van der Waals surface area contributed by atoms with Gasteiger partial charge in [-0.05, 0) is 6.42 Å². The van der Waals surface area contributed by atoms with Gasteiger partial charge in [-0.1, -0.05) is 0 Å². The quantitative estimate of drug-likeness (QED) is 0.772. The maximum atomic E-state index is 11.9. The van der Waals surface area contributed by atoms with Gasteiger partial charge >= 0.3 is 0 Å². The van der Waals surface area contributed by atoms with E-state index in [9.17, 15) is 13.2 Å². The summed E-state index contributed by atoms with van der Waals surface area (Å²) in [5.41, 5.74) is 0. The Morgan fingerprint density at radius 2 is 2.38 bits per heavy atom. The number of hydrogen-bond acceptors (Lipinski definition) is 5. The summed E-state index contributed by atoms with van der Waals surface area (Å²) in [4.78, 5) is 17.3. The van der Waals surface area contributed by atoms with Crippen molar-refractivity contribution in [3.63, 3.8) is 0 Å². The Balaban J connectivity index is 2.09. The number of sulfone groups is 1. The van der Waals surface area contributed by atoms with Crippen LogP contribution in [0.5, 0.6) is 0 Å². The Bertz CT molecular complexity index is 481. The number of nitrogens with zero attached hydrogens (tertiary/aromatic N) is 2. The largest absolute Gasteiger partial charge is 0.336 e. The highest BCUT2D eigenvalue weighted by atomic mass is 32.2. The van der Waals surface area contributed by atoms with Crippen molar-refractivity contribution >= 4 is 27.1 Å². The summed E-state index contributed by atoms with van der Waals surface area (Å²) in [6, 6.07) is -0.207. The molecule has 5 nitrogen and oxygen atoms in total. The summed E-state index contributed by atoms with van der Waals surface area (Å²) in [7, 11) is -1.32. The Hall–Kier alpha value is -0.950. The monoisotopic (exact) mass is 260 g/mol. The standard InChI is InChI=1S/C9H12N2O3S2/c1-11(7-2-5-16(13,14)6-7)9(12)8-10-3-4-15-8/h3-4,7H,2,5-6H2,1H3. The van der Waals surface area contributed by atoms with Crippen LogP contribution in [0.15, 0.2) is 11.6 Å². The molecule has 1 amide bonds. The van der Waals surface area contributed by atoms with Crippen LogP contribution >= 0.6 is 11.3 Å². The van der Waals surface area contributed by atoms with Gasteiger partial charge in [0.15, 0.2) is 14.8 Å². The fraction of sp³-hybridized carbons (Fsp3) is 0.556. The van der Waals surface area contributed by atoms with Gasteiger partial charge in [0, 0.05) is 24.7 Å². The molecule has 0 aromatic carbocycles. The van der Waals surface area contributed by atoms with Crippen molar-refractivity contribution in [2.45, 2.75) is 12.5 Å². The molecule has 2 heterocycles. The lowest BCUT2D eigenvalue weighted by Crippen LogP contribution is -2.37.